The lowest BCUT2D eigenvalue weighted by atomic mass is 10.0. The summed E-state index contributed by atoms with van der Waals surface area (Å²) in [5, 5.41) is 3.14. The largest absolute Gasteiger partial charge is 0.349 e. The minimum atomic E-state index is -0.224. The van der Waals surface area contributed by atoms with Gasteiger partial charge in [-0.05, 0) is 31.7 Å². The van der Waals surface area contributed by atoms with E-state index in [0.29, 0.717) is 13.0 Å². The Hall–Kier alpha value is -1.84. The van der Waals surface area contributed by atoms with Gasteiger partial charge in [0.2, 0.25) is 11.8 Å². The van der Waals surface area contributed by atoms with Gasteiger partial charge < -0.3 is 10.2 Å². The van der Waals surface area contributed by atoms with E-state index in [9.17, 15) is 9.59 Å². The molecular formula is C20H30N2O2. The van der Waals surface area contributed by atoms with Gasteiger partial charge >= 0.3 is 0 Å². The van der Waals surface area contributed by atoms with Crippen molar-refractivity contribution < 1.29 is 9.59 Å². The molecule has 1 heterocycles. The highest BCUT2D eigenvalue weighted by Crippen LogP contribution is 2.25. The van der Waals surface area contributed by atoms with E-state index < -0.39 is 0 Å². The van der Waals surface area contributed by atoms with E-state index in [-0.39, 0.29) is 29.8 Å². The molecule has 1 aliphatic heterocycles. The number of carbonyl (C=O) groups excluding carboxylic acids is 2. The van der Waals surface area contributed by atoms with Crippen LogP contribution in [-0.2, 0) is 9.59 Å². The van der Waals surface area contributed by atoms with Gasteiger partial charge in [0.15, 0.2) is 0 Å². The van der Waals surface area contributed by atoms with Crippen LogP contribution >= 0.6 is 0 Å². The van der Waals surface area contributed by atoms with Crippen molar-refractivity contribution in [3.63, 3.8) is 0 Å². The normalized spacial score (nSPS) is 19.0. The molecule has 1 saturated heterocycles. The first-order chi connectivity index (χ1) is 11.5. The molecule has 0 aromatic heterocycles. The maximum absolute atomic E-state index is 12.7. The lowest BCUT2D eigenvalue weighted by molar-refractivity contribution is -0.130. The number of likely N-dealkylation sites (tertiary alicyclic amines) is 1. The van der Waals surface area contributed by atoms with Crippen molar-refractivity contribution in [1.82, 2.24) is 10.2 Å². The van der Waals surface area contributed by atoms with Crippen LogP contribution < -0.4 is 5.32 Å². The van der Waals surface area contributed by atoms with E-state index in [2.05, 4.69) is 57.3 Å². The SMILES string of the molecule is CCC(NC(=O)C1CC(=O)N(C(CC)CC)C1)c1ccc(C)cc1. The van der Waals surface area contributed by atoms with Crippen LogP contribution in [0.2, 0.25) is 0 Å². The zero-order valence-electron chi connectivity index (χ0n) is 15.3. The van der Waals surface area contributed by atoms with Crippen LogP contribution in [-0.4, -0.2) is 29.3 Å². The second-order valence-electron chi connectivity index (χ2n) is 6.80. The van der Waals surface area contributed by atoms with Gasteiger partial charge in [-0.25, -0.2) is 0 Å². The molecule has 0 radical (unpaired) electrons. The Morgan fingerprint density at radius 2 is 1.79 bits per heavy atom. The molecule has 0 bridgehead atoms. The van der Waals surface area contributed by atoms with Gasteiger partial charge in [0.1, 0.15) is 0 Å². The summed E-state index contributed by atoms with van der Waals surface area (Å²) >= 11 is 0. The van der Waals surface area contributed by atoms with Crippen LogP contribution in [0.4, 0.5) is 0 Å². The number of hydrogen-bond donors (Lipinski definition) is 1. The lowest BCUT2D eigenvalue weighted by Crippen LogP contribution is -2.38. The van der Waals surface area contributed by atoms with Crippen LogP contribution in [0.3, 0.4) is 0 Å². The Balaban J connectivity index is 2.01. The van der Waals surface area contributed by atoms with Crippen molar-refractivity contribution in [3.8, 4) is 0 Å². The van der Waals surface area contributed by atoms with Gasteiger partial charge in [0.25, 0.3) is 0 Å². The van der Waals surface area contributed by atoms with E-state index in [1.165, 1.54) is 5.56 Å². The molecule has 132 valence electrons. The number of aryl methyl sites for hydroxylation is 1. The molecule has 0 spiro atoms. The molecule has 2 rings (SSSR count). The highest BCUT2D eigenvalue weighted by atomic mass is 16.2. The summed E-state index contributed by atoms with van der Waals surface area (Å²) in [4.78, 5) is 26.8. The van der Waals surface area contributed by atoms with Crippen molar-refractivity contribution in [2.45, 2.75) is 65.5 Å². The second kappa shape index (κ2) is 8.32. The Bertz CT molecular complexity index is 564. The van der Waals surface area contributed by atoms with Gasteiger partial charge in [-0.15, -0.1) is 0 Å². The van der Waals surface area contributed by atoms with E-state index in [0.717, 1.165) is 24.8 Å². The van der Waals surface area contributed by atoms with Crippen molar-refractivity contribution in [2.24, 2.45) is 5.92 Å². The van der Waals surface area contributed by atoms with Crippen LogP contribution in [0.15, 0.2) is 24.3 Å². The number of carbonyl (C=O) groups is 2. The Morgan fingerprint density at radius 3 is 2.33 bits per heavy atom. The maximum atomic E-state index is 12.7. The van der Waals surface area contributed by atoms with Gasteiger partial charge in [-0.2, -0.15) is 0 Å². The fourth-order valence-electron chi connectivity index (χ4n) is 3.50. The number of benzene rings is 1. The third kappa shape index (κ3) is 4.16. The fourth-order valence-corrected chi connectivity index (χ4v) is 3.50. The number of rotatable bonds is 7. The Labute approximate surface area is 145 Å². The molecule has 0 saturated carbocycles. The molecule has 2 unspecified atom stereocenters. The smallest absolute Gasteiger partial charge is 0.225 e. The Kier molecular flexibility index (Phi) is 6.41. The van der Waals surface area contributed by atoms with Crippen LogP contribution in [0.1, 0.15) is 63.6 Å². The summed E-state index contributed by atoms with van der Waals surface area (Å²) in [7, 11) is 0. The Morgan fingerprint density at radius 1 is 1.17 bits per heavy atom. The number of nitrogens with zero attached hydrogens (tertiary/aromatic N) is 1. The van der Waals surface area contributed by atoms with Crippen molar-refractivity contribution >= 4 is 11.8 Å². The topological polar surface area (TPSA) is 49.4 Å². The summed E-state index contributed by atoms with van der Waals surface area (Å²) in [6.07, 6.45) is 3.06. The number of amides is 2. The van der Waals surface area contributed by atoms with E-state index in [4.69, 9.17) is 0 Å². The number of hydrogen-bond acceptors (Lipinski definition) is 2. The molecule has 1 aliphatic rings. The van der Waals surface area contributed by atoms with E-state index in [1.54, 1.807) is 0 Å². The zero-order valence-corrected chi connectivity index (χ0v) is 15.3. The molecule has 1 fully saturated rings. The van der Waals surface area contributed by atoms with Gasteiger partial charge in [0, 0.05) is 19.0 Å². The van der Waals surface area contributed by atoms with Crippen molar-refractivity contribution in [1.29, 1.82) is 0 Å². The molecule has 4 heteroatoms. The first-order valence-electron chi connectivity index (χ1n) is 9.16. The van der Waals surface area contributed by atoms with Gasteiger partial charge in [0.05, 0.1) is 12.0 Å². The first kappa shape index (κ1) is 18.5. The second-order valence-corrected chi connectivity index (χ2v) is 6.80. The molecule has 1 N–H and O–H groups in total. The predicted octanol–water partition coefficient (Wildman–Crippen LogP) is 3.60. The summed E-state index contributed by atoms with van der Waals surface area (Å²) < 4.78 is 0. The van der Waals surface area contributed by atoms with E-state index in [1.807, 2.05) is 4.90 Å². The monoisotopic (exact) mass is 330 g/mol. The van der Waals surface area contributed by atoms with Gasteiger partial charge in [-0.1, -0.05) is 50.6 Å². The summed E-state index contributed by atoms with van der Waals surface area (Å²) in [6.45, 7) is 8.88. The highest BCUT2D eigenvalue weighted by Gasteiger charge is 2.37. The summed E-state index contributed by atoms with van der Waals surface area (Å²) in [5.74, 6) is -0.103. The molecule has 1 aromatic carbocycles. The lowest BCUT2D eigenvalue weighted by Gasteiger charge is -2.26. The fraction of sp³-hybridized carbons (Fsp3) is 0.600. The van der Waals surface area contributed by atoms with E-state index >= 15 is 0 Å². The standard InChI is InChI=1S/C20H30N2O2/c1-5-17(6-2)22-13-16(12-19(22)23)20(24)21-18(7-3)15-10-8-14(4)9-11-15/h8-11,16-18H,5-7,12-13H2,1-4H3,(H,21,24). The van der Waals surface area contributed by atoms with Crippen molar-refractivity contribution in [2.75, 3.05) is 6.54 Å². The average molecular weight is 330 g/mol. The quantitative estimate of drug-likeness (QED) is 0.830. The molecule has 1 aromatic rings. The molecule has 4 nitrogen and oxygen atoms in total. The summed E-state index contributed by atoms with van der Waals surface area (Å²) in [6, 6.07) is 8.54. The number of nitrogens with one attached hydrogen (secondary N) is 1. The highest BCUT2D eigenvalue weighted by molar-refractivity contribution is 5.89. The van der Waals surface area contributed by atoms with Crippen LogP contribution in [0.25, 0.3) is 0 Å². The summed E-state index contributed by atoms with van der Waals surface area (Å²) in [5.41, 5.74) is 2.33. The molecule has 24 heavy (non-hydrogen) atoms. The third-order valence-electron chi connectivity index (χ3n) is 5.12. The van der Waals surface area contributed by atoms with Crippen LogP contribution in [0, 0.1) is 12.8 Å². The molecule has 2 amide bonds. The first-order valence-corrected chi connectivity index (χ1v) is 9.16. The molecular weight excluding hydrogens is 300 g/mol. The minimum absolute atomic E-state index is 0.00392. The minimum Gasteiger partial charge on any atom is -0.349 e. The third-order valence-corrected chi connectivity index (χ3v) is 5.12. The average Bonchev–Trinajstić information content (AvgIpc) is 2.97. The van der Waals surface area contributed by atoms with Gasteiger partial charge in [-0.3, -0.25) is 9.59 Å². The molecule has 2 atom stereocenters. The zero-order chi connectivity index (χ0) is 17.7. The molecule has 0 aliphatic carbocycles. The predicted molar refractivity (Wildman–Crippen MR) is 96.5 cm³/mol. The van der Waals surface area contributed by atoms with Crippen molar-refractivity contribution in [3.05, 3.63) is 35.4 Å². The van der Waals surface area contributed by atoms with Crippen LogP contribution in [0.5, 0.6) is 0 Å². The maximum Gasteiger partial charge on any atom is 0.225 e.